The number of aliphatic carboxylic acids is 1. The summed E-state index contributed by atoms with van der Waals surface area (Å²) in [5.74, 6) is -1.30. The second kappa shape index (κ2) is 4.90. The van der Waals surface area contributed by atoms with Crippen LogP contribution in [0, 0.1) is 17.8 Å². The Morgan fingerprint density at radius 1 is 1.29 bits per heavy atom. The minimum Gasteiger partial charge on any atom is -0.481 e. The van der Waals surface area contributed by atoms with E-state index < -0.39 is 17.8 Å². The van der Waals surface area contributed by atoms with Crippen molar-refractivity contribution in [2.75, 3.05) is 0 Å². The van der Waals surface area contributed by atoms with Crippen molar-refractivity contribution in [3.8, 4) is 0 Å². The average Bonchev–Trinajstić information content (AvgIpc) is 3.07. The molecule has 2 aliphatic rings. The number of carbonyl (C=O) groups is 2. The van der Waals surface area contributed by atoms with E-state index in [1.54, 1.807) is 0 Å². The molecule has 0 saturated heterocycles. The van der Waals surface area contributed by atoms with Gasteiger partial charge in [0.15, 0.2) is 0 Å². The highest BCUT2D eigenvalue weighted by Crippen LogP contribution is 2.34. The van der Waals surface area contributed by atoms with Gasteiger partial charge in [-0.05, 0) is 25.2 Å². The predicted octanol–water partition coefficient (Wildman–Crippen LogP) is 1.57. The summed E-state index contributed by atoms with van der Waals surface area (Å²) < 4.78 is 0. The third kappa shape index (κ3) is 2.68. The SMILES string of the molecule is CCC1CC1NC(=O)[C@@H]1CC=CC[C@@H]1C(=O)O. The van der Waals surface area contributed by atoms with E-state index in [1.807, 2.05) is 12.2 Å². The zero-order valence-electron chi connectivity index (χ0n) is 10.1. The first-order valence-corrected chi connectivity index (χ1v) is 6.31. The summed E-state index contributed by atoms with van der Waals surface area (Å²) in [5, 5.41) is 12.1. The predicted molar refractivity (Wildman–Crippen MR) is 63.3 cm³/mol. The maximum absolute atomic E-state index is 12.0. The first-order chi connectivity index (χ1) is 8.13. The summed E-state index contributed by atoms with van der Waals surface area (Å²) in [6, 6.07) is 0.285. The van der Waals surface area contributed by atoms with Crippen LogP contribution in [0.3, 0.4) is 0 Å². The summed E-state index contributed by atoms with van der Waals surface area (Å²) in [6.07, 6.45) is 6.91. The van der Waals surface area contributed by atoms with Crippen LogP contribution in [-0.2, 0) is 9.59 Å². The van der Waals surface area contributed by atoms with Crippen molar-refractivity contribution < 1.29 is 14.7 Å². The van der Waals surface area contributed by atoms with E-state index in [0.717, 1.165) is 12.8 Å². The molecule has 1 saturated carbocycles. The largest absolute Gasteiger partial charge is 0.481 e. The Bertz CT molecular complexity index is 351. The lowest BCUT2D eigenvalue weighted by molar-refractivity contribution is -0.147. The van der Waals surface area contributed by atoms with Gasteiger partial charge in [-0.3, -0.25) is 9.59 Å². The second-order valence-corrected chi connectivity index (χ2v) is 5.01. The Labute approximate surface area is 101 Å². The summed E-state index contributed by atoms with van der Waals surface area (Å²) in [5.41, 5.74) is 0. The molecule has 94 valence electrons. The molecule has 0 radical (unpaired) electrons. The Hall–Kier alpha value is -1.32. The van der Waals surface area contributed by atoms with Crippen molar-refractivity contribution in [1.29, 1.82) is 0 Å². The lowest BCUT2D eigenvalue weighted by Gasteiger charge is -2.24. The molecule has 1 fully saturated rings. The molecule has 4 atom stereocenters. The molecular formula is C13H19NO3. The van der Waals surface area contributed by atoms with Crippen LogP contribution in [0.25, 0.3) is 0 Å². The highest BCUT2D eigenvalue weighted by molar-refractivity contribution is 5.85. The Kier molecular flexibility index (Phi) is 3.50. The molecule has 4 heteroatoms. The molecule has 0 bridgehead atoms. The number of carbonyl (C=O) groups excluding carboxylic acids is 1. The van der Waals surface area contributed by atoms with E-state index in [2.05, 4.69) is 12.2 Å². The van der Waals surface area contributed by atoms with Gasteiger partial charge in [0.05, 0.1) is 11.8 Å². The van der Waals surface area contributed by atoms with Gasteiger partial charge in [-0.2, -0.15) is 0 Å². The molecule has 0 spiro atoms. The first-order valence-electron chi connectivity index (χ1n) is 6.31. The highest BCUT2D eigenvalue weighted by atomic mass is 16.4. The standard InChI is InChI=1S/C13H19NO3/c1-2-8-7-11(8)14-12(15)9-5-3-4-6-10(9)13(16)17/h3-4,8-11H,2,5-7H2,1H3,(H,14,15)(H,16,17)/t8?,9-,10+,11?/m1/s1. The van der Waals surface area contributed by atoms with Gasteiger partial charge in [-0.25, -0.2) is 0 Å². The molecule has 0 aromatic rings. The molecule has 1 amide bonds. The topological polar surface area (TPSA) is 66.4 Å². The van der Waals surface area contributed by atoms with Crippen molar-refractivity contribution in [1.82, 2.24) is 5.32 Å². The molecule has 2 aliphatic carbocycles. The number of hydrogen-bond acceptors (Lipinski definition) is 2. The van der Waals surface area contributed by atoms with E-state index >= 15 is 0 Å². The number of allylic oxidation sites excluding steroid dienone is 2. The van der Waals surface area contributed by atoms with Gasteiger partial charge in [0.25, 0.3) is 0 Å². The number of hydrogen-bond donors (Lipinski definition) is 2. The molecule has 0 aromatic heterocycles. The quantitative estimate of drug-likeness (QED) is 0.729. The first kappa shape index (κ1) is 12.1. The molecule has 2 rings (SSSR count). The number of carboxylic acids is 1. The minimum atomic E-state index is -0.864. The monoisotopic (exact) mass is 237 g/mol. The fraction of sp³-hybridized carbons (Fsp3) is 0.692. The smallest absolute Gasteiger partial charge is 0.307 e. The number of rotatable bonds is 4. The van der Waals surface area contributed by atoms with Crippen molar-refractivity contribution in [2.45, 2.75) is 38.6 Å². The van der Waals surface area contributed by atoms with Crippen LogP contribution in [0.2, 0.25) is 0 Å². The number of nitrogens with one attached hydrogen (secondary N) is 1. The Morgan fingerprint density at radius 2 is 1.94 bits per heavy atom. The number of carboxylic acid groups (broad SMARTS) is 1. The molecule has 4 nitrogen and oxygen atoms in total. The molecule has 17 heavy (non-hydrogen) atoms. The van der Waals surface area contributed by atoms with Crippen LogP contribution in [0.5, 0.6) is 0 Å². The molecule has 0 aliphatic heterocycles. The van der Waals surface area contributed by atoms with E-state index in [0.29, 0.717) is 18.8 Å². The lowest BCUT2D eigenvalue weighted by Crippen LogP contribution is -2.40. The zero-order valence-corrected chi connectivity index (χ0v) is 10.1. The van der Waals surface area contributed by atoms with Gasteiger partial charge >= 0.3 is 5.97 Å². The molecule has 2 N–H and O–H groups in total. The molecule has 0 aromatic carbocycles. The molecule has 0 heterocycles. The van der Waals surface area contributed by atoms with Crippen LogP contribution < -0.4 is 5.32 Å². The van der Waals surface area contributed by atoms with Crippen molar-refractivity contribution >= 4 is 11.9 Å². The van der Waals surface area contributed by atoms with Gasteiger partial charge in [0, 0.05) is 6.04 Å². The van der Waals surface area contributed by atoms with E-state index in [4.69, 9.17) is 5.11 Å². The van der Waals surface area contributed by atoms with Crippen LogP contribution in [0.1, 0.15) is 32.6 Å². The van der Waals surface area contributed by atoms with Gasteiger partial charge in [0.2, 0.25) is 5.91 Å². The summed E-state index contributed by atoms with van der Waals surface area (Å²) in [4.78, 5) is 23.1. The third-order valence-corrected chi connectivity index (χ3v) is 3.86. The van der Waals surface area contributed by atoms with Crippen LogP contribution in [-0.4, -0.2) is 23.0 Å². The van der Waals surface area contributed by atoms with Crippen molar-refractivity contribution in [3.63, 3.8) is 0 Å². The normalized spacial score (nSPS) is 35.4. The Morgan fingerprint density at radius 3 is 2.47 bits per heavy atom. The second-order valence-electron chi connectivity index (χ2n) is 5.01. The highest BCUT2D eigenvalue weighted by Gasteiger charge is 2.40. The van der Waals surface area contributed by atoms with Gasteiger partial charge in [-0.1, -0.05) is 25.5 Å². The minimum absolute atomic E-state index is 0.0808. The fourth-order valence-electron chi connectivity index (χ4n) is 2.54. The van der Waals surface area contributed by atoms with Gasteiger partial charge in [0.1, 0.15) is 0 Å². The molecular weight excluding hydrogens is 218 g/mol. The van der Waals surface area contributed by atoms with Crippen LogP contribution in [0.4, 0.5) is 0 Å². The molecule has 2 unspecified atom stereocenters. The summed E-state index contributed by atoms with van der Waals surface area (Å²) in [6.45, 7) is 2.11. The van der Waals surface area contributed by atoms with E-state index in [1.165, 1.54) is 0 Å². The number of amides is 1. The third-order valence-electron chi connectivity index (χ3n) is 3.86. The summed E-state index contributed by atoms with van der Waals surface area (Å²) in [7, 11) is 0. The zero-order chi connectivity index (χ0) is 12.4. The van der Waals surface area contributed by atoms with Crippen LogP contribution >= 0.6 is 0 Å². The van der Waals surface area contributed by atoms with Crippen LogP contribution in [0.15, 0.2) is 12.2 Å². The van der Waals surface area contributed by atoms with Gasteiger partial charge < -0.3 is 10.4 Å². The Balaban J connectivity index is 1.93. The van der Waals surface area contributed by atoms with E-state index in [9.17, 15) is 9.59 Å². The van der Waals surface area contributed by atoms with Gasteiger partial charge in [-0.15, -0.1) is 0 Å². The lowest BCUT2D eigenvalue weighted by atomic mass is 9.82. The van der Waals surface area contributed by atoms with Crippen molar-refractivity contribution in [3.05, 3.63) is 12.2 Å². The maximum atomic E-state index is 12.0. The van der Waals surface area contributed by atoms with E-state index in [-0.39, 0.29) is 11.9 Å². The average molecular weight is 237 g/mol. The summed E-state index contributed by atoms with van der Waals surface area (Å²) >= 11 is 0. The maximum Gasteiger partial charge on any atom is 0.307 e. The fourth-order valence-corrected chi connectivity index (χ4v) is 2.54. The van der Waals surface area contributed by atoms with Crippen molar-refractivity contribution in [2.24, 2.45) is 17.8 Å².